The van der Waals surface area contributed by atoms with E-state index in [1.807, 2.05) is 41.3 Å². The van der Waals surface area contributed by atoms with Crippen molar-refractivity contribution in [1.29, 1.82) is 0 Å². The molecule has 1 fully saturated rings. The van der Waals surface area contributed by atoms with Gasteiger partial charge in [0, 0.05) is 43.1 Å². The molecule has 0 atom stereocenters. The number of carbonyl (C=O) groups is 1. The van der Waals surface area contributed by atoms with E-state index in [-0.39, 0.29) is 6.03 Å². The minimum absolute atomic E-state index is 0.0770. The van der Waals surface area contributed by atoms with Gasteiger partial charge >= 0.3 is 6.03 Å². The topological polar surface area (TPSA) is 35.6 Å². The number of hydrogen-bond donors (Lipinski definition) is 1. The molecule has 2 aromatic carbocycles. The van der Waals surface area contributed by atoms with Crippen LogP contribution >= 0.6 is 0 Å². The van der Waals surface area contributed by atoms with Crippen LogP contribution in [0.5, 0.6) is 0 Å². The molecule has 4 heteroatoms. The highest BCUT2D eigenvalue weighted by Gasteiger charge is 2.21. The van der Waals surface area contributed by atoms with Crippen molar-refractivity contribution in [2.24, 2.45) is 0 Å². The van der Waals surface area contributed by atoms with Crippen molar-refractivity contribution >= 4 is 17.4 Å². The summed E-state index contributed by atoms with van der Waals surface area (Å²) in [6.07, 6.45) is 5.38. The Morgan fingerprint density at radius 1 is 1.00 bits per heavy atom. The van der Waals surface area contributed by atoms with Gasteiger partial charge in [-0.2, -0.15) is 0 Å². The minimum Gasteiger partial charge on any atom is -0.368 e. The lowest BCUT2D eigenvalue weighted by Crippen LogP contribution is -2.50. The second-order valence-corrected chi connectivity index (χ2v) is 5.46. The maximum absolute atomic E-state index is 12.4. The number of urea groups is 1. The Labute approximate surface area is 136 Å². The lowest BCUT2D eigenvalue weighted by molar-refractivity contribution is 0.208. The average Bonchev–Trinajstić information content (AvgIpc) is 2.63. The SMILES string of the molecule is C#Cc1cccc(NC(=O)N2CCN(c3ccccc3)CC2)c1. The molecule has 1 saturated heterocycles. The van der Waals surface area contributed by atoms with Crippen LogP contribution in [0.3, 0.4) is 0 Å². The maximum Gasteiger partial charge on any atom is 0.321 e. The van der Waals surface area contributed by atoms with Crippen LogP contribution in [0, 0.1) is 12.3 Å². The third kappa shape index (κ3) is 3.64. The van der Waals surface area contributed by atoms with Gasteiger partial charge in [0.25, 0.3) is 0 Å². The largest absolute Gasteiger partial charge is 0.368 e. The van der Waals surface area contributed by atoms with Crippen molar-refractivity contribution in [1.82, 2.24) is 4.90 Å². The van der Waals surface area contributed by atoms with Gasteiger partial charge in [0.1, 0.15) is 0 Å². The number of amides is 2. The van der Waals surface area contributed by atoms with Gasteiger partial charge in [-0.25, -0.2) is 4.79 Å². The zero-order valence-corrected chi connectivity index (χ0v) is 12.9. The van der Waals surface area contributed by atoms with Gasteiger partial charge < -0.3 is 15.1 Å². The Morgan fingerprint density at radius 3 is 2.43 bits per heavy atom. The molecule has 2 amide bonds. The summed E-state index contributed by atoms with van der Waals surface area (Å²) in [5.41, 5.74) is 2.70. The molecular weight excluding hydrogens is 286 g/mol. The highest BCUT2D eigenvalue weighted by Crippen LogP contribution is 2.16. The van der Waals surface area contributed by atoms with Gasteiger partial charge in [-0.05, 0) is 30.3 Å². The molecule has 0 bridgehead atoms. The van der Waals surface area contributed by atoms with Crippen molar-refractivity contribution in [3.05, 3.63) is 60.2 Å². The predicted molar refractivity (Wildman–Crippen MR) is 93.6 cm³/mol. The number of hydrogen-bond acceptors (Lipinski definition) is 2. The summed E-state index contributed by atoms with van der Waals surface area (Å²) in [7, 11) is 0. The monoisotopic (exact) mass is 305 g/mol. The van der Waals surface area contributed by atoms with Crippen molar-refractivity contribution < 1.29 is 4.79 Å². The summed E-state index contributed by atoms with van der Waals surface area (Å²) < 4.78 is 0. The van der Waals surface area contributed by atoms with Crippen LogP contribution in [0.4, 0.5) is 16.2 Å². The molecule has 1 aliphatic heterocycles. The van der Waals surface area contributed by atoms with E-state index in [2.05, 4.69) is 28.3 Å². The third-order valence-electron chi connectivity index (χ3n) is 3.97. The summed E-state index contributed by atoms with van der Waals surface area (Å²) in [5, 5.41) is 2.91. The van der Waals surface area contributed by atoms with Crippen LogP contribution in [0.2, 0.25) is 0 Å². The summed E-state index contributed by atoms with van der Waals surface area (Å²) in [4.78, 5) is 16.5. The fourth-order valence-corrected chi connectivity index (χ4v) is 2.70. The molecule has 4 nitrogen and oxygen atoms in total. The van der Waals surface area contributed by atoms with E-state index in [9.17, 15) is 4.79 Å². The molecule has 1 heterocycles. The summed E-state index contributed by atoms with van der Waals surface area (Å²) in [6.45, 7) is 3.08. The van der Waals surface area contributed by atoms with E-state index in [1.165, 1.54) is 5.69 Å². The number of carbonyl (C=O) groups excluding carboxylic acids is 1. The quantitative estimate of drug-likeness (QED) is 0.866. The minimum atomic E-state index is -0.0770. The molecule has 0 radical (unpaired) electrons. The number of anilines is 2. The van der Waals surface area contributed by atoms with E-state index in [4.69, 9.17) is 6.42 Å². The highest BCUT2D eigenvalue weighted by atomic mass is 16.2. The van der Waals surface area contributed by atoms with Gasteiger partial charge in [0.2, 0.25) is 0 Å². The fourth-order valence-electron chi connectivity index (χ4n) is 2.70. The molecule has 0 aliphatic carbocycles. The predicted octanol–water partition coefficient (Wildman–Crippen LogP) is 3.02. The van der Waals surface area contributed by atoms with E-state index in [0.717, 1.165) is 24.3 Å². The number of terminal acetylenes is 1. The molecule has 2 aromatic rings. The number of para-hydroxylation sites is 1. The van der Waals surface area contributed by atoms with Gasteiger partial charge in [-0.3, -0.25) is 0 Å². The fraction of sp³-hybridized carbons (Fsp3) is 0.211. The molecule has 0 saturated carbocycles. The van der Waals surface area contributed by atoms with Crippen molar-refractivity contribution in [3.63, 3.8) is 0 Å². The van der Waals surface area contributed by atoms with Crippen LogP contribution < -0.4 is 10.2 Å². The van der Waals surface area contributed by atoms with Crippen LogP contribution in [0.15, 0.2) is 54.6 Å². The molecule has 1 N–H and O–H groups in total. The Bertz CT molecular complexity index is 713. The van der Waals surface area contributed by atoms with Gasteiger partial charge in [-0.15, -0.1) is 6.42 Å². The number of benzene rings is 2. The lowest BCUT2D eigenvalue weighted by atomic mass is 10.2. The van der Waals surface area contributed by atoms with Crippen LogP contribution in [0.25, 0.3) is 0 Å². The number of nitrogens with one attached hydrogen (secondary N) is 1. The van der Waals surface area contributed by atoms with Gasteiger partial charge in [-0.1, -0.05) is 30.2 Å². The second kappa shape index (κ2) is 6.89. The zero-order chi connectivity index (χ0) is 16.1. The molecule has 0 unspecified atom stereocenters. The van der Waals surface area contributed by atoms with E-state index in [0.29, 0.717) is 13.1 Å². The molecule has 0 aromatic heterocycles. The molecular formula is C19H19N3O. The maximum atomic E-state index is 12.4. The summed E-state index contributed by atoms with van der Waals surface area (Å²) >= 11 is 0. The van der Waals surface area contributed by atoms with Crippen LogP contribution in [-0.4, -0.2) is 37.1 Å². The van der Waals surface area contributed by atoms with E-state index >= 15 is 0 Å². The summed E-state index contributed by atoms with van der Waals surface area (Å²) in [6, 6.07) is 17.5. The average molecular weight is 305 g/mol. The Hall–Kier alpha value is -2.93. The first-order chi connectivity index (χ1) is 11.3. The van der Waals surface area contributed by atoms with Crippen molar-refractivity contribution in [2.45, 2.75) is 0 Å². The standard InChI is InChI=1S/C19H19N3O/c1-2-16-7-6-8-17(15-16)20-19(23)22-13-11-21(12-14-22)18-9-4-3-5-10-18/h1,3-10,15H,11-14H2,(H,20,23). The lowest BCUT2D eigenvalue weighted by Gasteiger charge is -2.36. The molecule has 3 rings (SSSR count). The second-order valence-electron chi connectivity index (χ2n) is 5.46. The third-order valence-corrected chi connectivity index (χ3v) is 3.97. The van der Waals surface area contributed by atoms with Gasteiger partial charge in [0.15, 0.2) is 0 Å². The number of rotatable bonds is 2. The zero-order valence-electron chi connectivity index (χ0n) is 12.9. The Morgan fingerprint density at radius 2 is 1.74 bits per heavy atom. The van der Waals surface area contributed by atoms with E-state index in [1.54, 1.807) is 6.07 Å². The van der Waals surface area contributed by atoms with Crippen molar-refractivity contribution in [2.75, 3.05) is 36.4 Å². The first kappa shape index (κ1) is 15.0. The van der Waals surface area contributed by atoms with Gasteiger partial charge in [0.05, 0.1) is 0 Å². The first-order valence-electron chi connectivity index (χ1n) is 7.69. The van der Waals surface area contributed by atoms with Crippen LogP contribution in [0.1, 0.15) is 5.56 Å². The smallest absolute Gasteiger partial charge is 0.321 e. The van der Waals surface area contributed by atoms with E-state index < -0.39 is 0 Å². The number of piperazine rings is 1. The number of nitrogens with zero attached hydrogens (tertiary/aromatic N) is 2. The van der Waals surface area contributed by atoms with Crippen molar-refractivity contribution in [3.8, 4) is 12.3 Å². The molecule has 0 spiro atoms. The Balaban J connectivity index is 1.57. The molecule has 1 aliphatic rings. The highest BCUT2D eigenvalue weighted by molar-refractivity contribution is 5.89. The van der Waals surface area contributed by atoms with Crippen LogP contribution in [-0.2, 0) is 0 Å². The molecule has 23 heavy (non-hydrogen) atoms. The molecule has 116 valence electrons. The normalized spacial score (nSPS) is 14.2. The Kier molecular flexibility index (Phi) is 4.49. The first-order valence-corrected chi connectivity index (χ1v) is 7.69. The summed E-state index contributed by atoms with van der Waals surface area (Å²) in [5.74, 6) is 2.57.